The van der Waals surface area contributed by atoms with Crippen LogP contribution in [-0.4, -0.2) is 15.7 Å². The fraction of sp³-hybridized carbons (Fsp3) is 0.364. The lowest BCUT2D eigenvalue weighted by atomic mass is 10.0. The highest BCUT2D eigenvalue weighted by atomic mass is 32.1. The van der Waals surface area contributed by atoms with Crippen molar-refractivity contribution in [2.75, 3.05) is 5.32 Å². The molecule has 0 aliphatic heterocycles. The largest absolute Gasteiger partial charge is 0.489 e. The number of aryl methyl sites for hydroxylation is 1. The van der Waals surface area contributed by atoms with E-state index in [-0.39, 0.29) is 11.9 Å². The molecule has 0 aliphatic carbocycles. The molecule has 0 aliphatic rings. The summed E-state index contributed by atoms with van der Waals surface area (Å²) in [5.41, 5.74) is 3.15. The molecule has 0 atom stereocenters. The van der Waals surface area contributed by atoms with Crippen molar-refractivity contribution < 1.29 is 9.53 Å². The maximum atomic E-state index is 12.6. The Morgan fingerprint density at radius 3 is 2.54 bits per heavy atom. The lowest BCUT2D eigenvalue weighted by Crippen LogP contribution is -2.15. The third-order valence-corrected chi connectivity index (χ3v) is 5.40. The Kier molecular flexibility index (Phi) is 6.19. The number of nitrogens with one attached hydrogen (secondary N) is 1. The van der Waals surface area contributed by atoms with Crippen LogP contribution in [0.3, 0.4) is 0 Å². The smallest absolute Gasteiger partial charge is 0.266 e. The summed E-state index contributed by atoms with van der Waals surface area (Å²) in [5, 5.41) is 9.35. The predicted molar refractivity (Wildman–Crippen MR) is 114 cm³/mol. The first kappa shape index (κ1) is 20.1. The van der Waals surface area contributed by atoms with E-state index >= 15 is 0 Å². The molecule has 0 fully saturated rings. The molecular weight excluding hydrogens is 370 g/mol. The minimum absolute atomic E-state index is 0.126. The first-order valence-corrected chi connectivity index (χ1v) is 10.4. The van der Waals surface area contributed by atoms with Gasteiger partial charge in [0.2, 0.25) is 0 Å². The van der Waals surface area contributed by atoms with Gasteiger partial charge in [-0.1, -0.05) is 26.0 Å². The monoisotopic (exact) mass is 397 g/mol. The summed E-state index contributed by atoms with van der Waals surface area (Å²) < 4.78 is 7.68. The molecule has 0 radical (unpaired) electrons. The summed E-state index contributed by atoms with van der Waals surface area (Å²) in [6.07, 6.45) is 0. The molecule has 0 saturated carbocycles. The summed E-state index contributed by atoms with van der Waals surface area (Å²) in [4.78, 5) is 13.3. The minimum atomic E-state index is -0.126. The molecular formula is C22H27N3O2S. The number of benzene rings is 1. The highest BCUT2D eigenvalue weighted by Crippen LogP contribution is 2.22. The zero-order chi connectivity index (χ0) is 20.3. The van der Waals surface area contributed by atoms with E-state index in [1.54, 1.807) is 0 Å². The molecule has 148 valence electrons. The van der Waals surface area contributed by atoms with Gasteiger partial charge in [0.1, 0.15) is 18.2 Å². The van der Waals surface area contributed by atoms with Gasteiger partial charge in [-0.25, -0.2) is 4.68 Å². The molecule has 2 heterocycles. The number of rotatable bonds is 7. The summed E-state index contributed by atoms with van der Waals surface area (Å²) in [5.74, 6) is 1.92. The Labute approximate surface area is 170 Å². The van der Waals surface area contributed by atoms with Crippen LogP contribution in [0.4, 0.5) is 5.82 Å². The van der Waals surface area contributed by atoms with Crippen molar-refractivity contribution in [3.63, 3.8) is 0 Å². The molecule has 0 saturated heterocycles. The van der Waals surface area contributed by atoms with Gasteiger partial charge in [-0.3, -0.25) is 4.79 Å². The van der Waals surface area contributed by atoms with Crippen LogP contribution in [0.15, 0.2) is 41.8 Å². The van der Waals surface area contributed by atoms with Gasteiger partial charge in [0, 0.05) is 17.7 Å². The van der Waals surface area contributed by atoms with Gasteiger partial charge in [-0.05, 0) is 55.8 Å². The molecule has 0 spiro atoms. The van der Waals surface area contributed by atoms with E-state index in [4.69, 9.17) is 4.74 Å². The zero-order valence-corrected chi connectivity index (χ0v) is 17.8. The quantitative estimate of drug-likeness (QED) is 0.549. The van der Waals surface area contributed by atoms with Gasteiger partial charge in [0.05, 0.1) is 10.6 Å². The third kappa shape index (κ3) is 4.81. The summed E-state index contributed by atoms with van der Waals surface area (Å²) in [6.45, 7) is 10.8. The predicted octanol–water partition coefficient (Wildman–Crippen LogP) is 5.79. The van der Waals surface area contributed by atoms with Crippen LogP contribution in [-0.2, 0) is 6.61 Å². The molecule has 3 aromatic rings. The van der Waals surface area contributed by atoms with Crippen molar-refractivity contribution in [2.24, 2.45) is 0 Å². The van der Waals surface area contributed by atoms with E-state index in [2.05, 4.69) is 36.4 Å². The third-order valence-electron chi connectivity index (χ3n) is 4.42. The zero-order valence-electron chi connectivity index (χ0n) is 17.0. The van der Waals surface area contributed by atoms with Crippen LogP contribution in [0.5, 0.6) is 5.75 Å². The molecule has 0 unspecified atom stereocenters. The van der Waals surface area contributed by atoms with Crippen LogP contribution in [0.2, 0.25) is 0 Å². The number of anilines is 1. The van der Waals surface area contributed by atoms with Crippen molar-refractivity contribution >= 4 is 23.1 Å². The average molecular weight is 398 g/mol. The fourth-order valence-corrected chi connectivity index (χ4v) is 3.66. The van der Waals surface area contributed by atoms with Crippen LogP contribution in [0.1, 0.15) is 66.1 Å². The van der Waals surface area contributed by atoms with E-state index in [0.29, 0.717) is 23.2 Å². The van der Waals surface area contributed by atoms with Crippen molar-refractivity contribution in [3.05, 3.63) is 63.5 Å². The Hall–Kier alpha value is -2.60. The van der Waals surface area contributed by atoms with Crippen molar-refractivity contribution in [2.45, 2.75) is 53.2 Å². The van der Waals surface area contributed by atoms with Gasteiger partial charge in [0.15, 0.2) is 0 Å². The van der Waals surface area contributed by atoms with E-state index in [1.165, 1.54) is 16.9 Å². The van der Waals surface area contributed by atoms with Gasteiger partial charge >= 0.3 is 0 Å². The highest BCUT2D eigenvalue weighted by molar-refractivity contribution is 7.12. The minimum Gasteiger partial charge on any atom is -0.489 e. The maximum Gasteiger partial charge on any atom is 0.266 e. The molecule has 0 bridgehead atoms. The van der Waals surface area contributed by atoms with E-state index in [9.17, 15) is 4.79 Å². The van der Waals surface area contributed by atoms with Gasteiger partial charge in [-0.2, -0.15) is 5.10 Å². The van der Waals surface area contributed by atoms with Gasteiger partial charge in [0.25, 0.3) is 5.91 Å². The first-order valence-electron chi connectivity index (χ1n) is 9.51. The number of aromatic nitrogens is 2. The lowest BCUT2D eigenvalue weighted by Gasteiger charge is -2.11. The summed E-state index contributed by atoms with van der Waals surface area (Å²) in [7, 11) is 0. The van der Waals surface area contributed by atoms with E-state index in [1.807, 2.05) is 55.1 Å². The molecule has 1 aromatic carbocycles. The number of ether oxygens (including phenoxy) is 1. The Morgan fingerprint density at radius 1 is 1.18 bits per heavy atom. The fourth-order valence-electron chi connectivity index (χ4n) is 2.87. The second kappa shape index (κ2) is 8.61. The lowest BCUT2D eigenvalue weighted by molar-refractivity contribution is 0.102. The summed E-state index contributed by atoms with van der Waals surface area (Å²) in [6, 6.07) is 12.1. The van der Waals surface area contributed by atoms with Gasteiger partial charge < -0.3 is 10.1 Å². The number of hydrogen-bond acceptors (Lipinski definition) is 4. The number of hydrogen-bond donors (Lipinski definition) is 1. The second-order valence-electron chi connectivity index (χ2n) is 7.50. The number of thiophene rings is 1. The molecule has 3 rings (SSSR count). The SMILES string of the molecule is Cc1cc(NC(=O)c2cc(COc3ccc(C(C)C)cc3)cs2)n(C(C)C)n1. The molecule has 28 heavy (non-hydrogen) atoms. The Morgan fingerprint density at radius 2 is 1.89 bits per heavy atom. The Bertz CT molecular complexity index is 939. The normalized spacial score (nSPS) is 11.2. The van der Waals surface area contributed by atoms with Crippen molar-refractivity contribution in [1.29, 1.82) is 0 Å². The van der Waals surface area contributed by atoms with Crippen LogP contribution < -0.4 is 10.1 Å². The van der Waals surface area contributed by atoms with Crippen molar-refractivity contribution in [3.8, 4) is 5.75 Å². The van der Waals surface area contributed by atoms with E-state index in [0.717, 1.165) is 17.0 Å². The van der Waals surface area contributed by atoms with E-state index < -0.39 is 0 Å². The first-order chi connectivity index (χ1) is 13.3. The molecule has 5 nitrogen and oxygen atoms in total. The van der Waals surface area contributed by atoms with Crippen LogP contribution in [0, 0.1) is 6.92 Å². The topological polar surface area (TPSA) is 56.1 Å². The maximum absolute atomic E-state index is 12.6. The molecule has 6 heteroatoms. The second-order valence-corrected chi connectivity index (χ2v) is 8.41. The van der Waals surface area contributed by atoms with Crippen LogP contribution in [0.25, 0.3) is 0 Å². The highest BCUT2D eigenvalue weighted by Gasteiger charge is 2.15. The van der Waals surface area contributed by atoms with Crippen LogP contribution >= 0.6 is 11.3 Å². The molecule has 1 N–H and O–H groups in total. The number of amides is 1. The molecule has 2 aromatic heterocycles. The van der Waals surface area contributed by atoms with Gasteiger partial charge in [-0.15, -0.1) is 11.3 Å². The summed E-state index contributed by atoms with van der Waals surface area (Å²) >= 11 is 1.42. The number of nitrogens with zero attached hydrogens (tertiary/aromatic N) is 2. The Balaban J connectivity index is 1.61. The molecule has 1 amide bonds. The number of carbonyl (C=O) groups excluding carboxylic acids is 1. The van der Waals surface area contributed by atoms with Crippen molar-refractivity contribution in [1.82, 2.24) is 9.78 Å². The average Bonchev–Trinajstić information content (AvgIpc) is 3.27. The number of carbonyl (C=O) groups is 1. The standard InChI is InChI=1S/C22H27N3O2S/c1-14(2)18-6-8-19(9-7-18)27-12-17-11-20(28-13-17)22(26)23-21-10-16(5)24-25(21)15(3)4/h6-11,13-15H,12H2,1-5H3,(H,23,26).